The van der Waals surface area contributed by atoms with Gasteiger partial charge in [0, 0.05) is 6.54 Å². The number of benzene rings is 1. The standard InChI is InChI=1S/C16H16N2O3/c1-2-21-13(19)10-12-15(20)14(11-6-4-3-5-7-11)16-17-8-9-18(12)16/h3-7,10,20H,2,8-9H2,1H3/b12-10-. The molecular weight excluding hydrogens is 268 g/mol. The first-order valence-corrected chi connectivity index (χ1v) is 6.92. The van der Waals surface area contributed by atoms with E-state index in [9.17, 15) is 9.90 Å². The second kappa shape index (κ2) is 5.44. The summed E-state index contributed by atoms with van der Waals surface area (Å²) in [7, 11) is 0. The number of hydrogen-bond acceptors (Lipinski definition) is 4. The van der Waals surface area contributed by atoms with Crippen molar-refractivity contribution in [2.75, 3.05) is 13.2 Å². The number of nitrogens with zero attached hydrogens (tertiary/aromatic N) is 2. The van der Waals surface area contributed by atoms with Gasteiger partial charge in [-0.1, -0.05) is 30.3 Å². The number of ether oxygens (including phenoxy) is 1. The molecule has 1 aliphatic rings. The number of aromatic nitrogens is 1. The molecule has 0 saturated carbocycles. The van der Waals surface area contributed by atoms with Gasteiger partial charge in [0.05, 0.1) is 30.1 Å². The summed E-state index contributed by atoms with van der Waals surface area (Å²) in [6.45, 7) is 3.36. The van der Waals surface area contributed by atoms with Gasteiger partial charge in [-0.15, -0.1) is 0 Å². The lowest BCUT2D eigenvalue weighted by molar-refractivity contribution is -0.135. The minimum absolute atomic E-state index is 0.0766. The van der Waals surface area contributed by atoms with Crippen LogP contribution in [0.1, 0.15) is 6.92 Å². The zero-order valence-electron chi connectivity index (χ0n) is 11.7. The van der Waals surface area contributed by atoms with Crippen molar-refractivity contribution in [1.82, 2.24) is 4.57 Å². The average Bonchev–Trinajstić information content (AvgIpc) is 3.03. The molecule has 5 heteroatoms. The molecule has 3 rings (SSSR count). The highest BCUT2D eigenvalue weighted by Gasteiger charge is 2.19. The Labute approximate surface area is 121 Å². The lowest BCUT2D eigenvalue weighted by atomic mass is 10.1. The molecule has 2 aromatic rings. The summed E-state index contributed by atoms with van der Waals surface area (Å²) < 4.78 is 6.78. The van der Waals surface area contributed by atoms with Crippen LogP contribution in [0.15, 0.2) is 35.3 Å². The Morgan fingerprint density at radius 3 is 2.90 bits per heavy atom. The molecule has 0 bridgehead atoms. The highest BCUT2D eigenvalue weighted by Crippen LogP contribution is 2.23. The normalized spacial score (nSPS) is 13.9. The molecule has 5 nitrogen and oxygen atoms in total. The van der Waals surface area contributed by atoms with E-state index in [0.717, 1.165) is 5.56 Å². The Morgan fingerprint density at radius 1 is 1.43 bits per heavy atom. The maximum Gasteiger partial charge on any atom is 0.332 e. The maximum atomic E-state index is 11.7. The number of carbonyl (C=O) groups excluding carboxylic acids is 1. The SMILES string of the molecule is CCOC(=O)/C=c1/c(O)c(-c2ccccc2)c2n1CCN=2. The van der Waals surface area contributed by atoms with E-state index >= 15 is 0 Å². The summed E-state index contributed by atoms with van der Waals surface area (Å²) >= 11 is 0. The molecule has 0 amide bonds. The largest absolute Gasteiger partial charge is 0.505 e. The maximum absolute atomic E-state index is 11.7. The van der Waals surface area contributed by atoms with Gasteiger partial charge < -0.3 is 14.4 Å². The fourth-order valence-electron chi connectivity index (χ4n) is 2.57. The third kappa shape index (κ3) is 2.31. The molecule has 1 aliphatic heterocycles. The Kier molecular flexibility index (Phi) is 3.48. The third-order valence-corrected chi connectivity index (χ3v) is 3.44. The minimum Gasteiger partial charge on any atom is -0.505 e. The Hall–Kier alpha value is -2.56. The van der Waals surface area contributed by atoms with Crippen LogP contribution < -0.4 is 10.8 Å². The van der Waals surface area contributed by atoms with Crippen LogP contribution >= 0.6 is 0 Å². The summed E-state index contributed by atoms with van der Waals surface area (Å²) in [6.07, 6.45) is 1.33. The number of rotatable bonds is 3. The molecular formula is C16H16N2O3. The van der Waals surface area contributed by atoms with Crippen molar-refractivity contribution >= 4 is 12.0 Å². The van der Waals surface area contributed by atoms with Gasteiger partial charge in [0.2, 0.25) is 0 Å². The molecule has 1 N–H and O–H groups in total. The Morgan fingerprint density at radius 2 is 2.19 bits per heavy atom. The fraction of sp³-hybridized carbons (Fsp3) is 0.250. The van der Waals surface area contributed by atoms with Crippen molar-refractivity contribution in [3.05, 3.63) is 41.2 Å². The van der Waals surface area contributed by atoms with Gasteiger partial charge in [0.1, 0.15) is 5.49 Å². The zero-order valence-corrected chi connectivity index (χ0v) is 11.7. The number of carbonyl (C=O) groups is 1. The van der Waals surface area contributed by atoms with Crippen LogP contribution in [-0.4, -0.2) is 28.8 Å². The summed E-state index contributed by atoms with van der Waals surface area (Å²) in [5, 5.41) is 11.0. The van der Waals surface area contributed by atoms with Crippen molar-refractivity contribution in [2.45, 2.75) is 13.5 Å². The molecule has 0 radical (unpaired) electrons. The van der Waals surface area contributed by atoms with E-state index in [1.165, 1.54) is 6.08 Å². The van der Waals surface area contributed by atoms with Crippen LogP contribution in [0, 0.1) is 0 Å². The van der Waals surface area contributed by atoms with Crippen LogP contribution in [0.4, 0.5) is 0 Å². The number of esters is 1. The van der Waals surface area contributed by atoms with Gasteiger partial charge in [0.25, 0.3) is 0 Å². The third-order valence-electron chi connectivity index (χ3n) is 3.44. The van der Waals surface area contributed by atoms with E-state index in [1.54, 1.807) is 6.92 Å². The fourth-order valence-corrected chi connectivity index (χ4v) is 2.57. The highest BCUT2D eigenvalue weighted by molar-refractivity contribution is 6.00. The molecule has 0 saturated heterocycles. The highest BCUT2D eigenvalue weighted by atomic mass is 16.5. The predicted octanol–water partition coefficient (Wildman–Crippen LogP) is 0.837. The smallest absolute Gasteiger partial charge is 0.332 e. The van der Waals surface area contributed by atoms with Crippen molar-refractivity contribution in [1.29, 1.82) is 0 Å². The van der Waals surface area contributed by atoms with Crippen LogP contribution in [0.2, 0.25) is 0 Å². The van der Waals surface area contributed by atoms with Crippen LogP contribution in [0.3, 0.4) is 0 Å². The molecule has 0 unspecified atom stereocenters. The first kappa shape index (κ1) is 13.4. The van der Waals surface area contributed by atoms with Crippen LogP contribution in [0.25, 0.3) is 17.2 Å². The number of fused-ring (bicyclic) bond motifs is 1. The molecule has 0 fully saturated rings. The predicted molar refractivity (Wildman–Crippen MR) is 78.3 cm³/mol. The first-order valence-electron chi connectivity index (χ1n) is 6.92. The molecule has 108 valence electrons. The van der Waals surface area contributed by atoms with Gasteiger partial charge in [-0.05, 0) is 12.5 Å². The van der Waals surface area contributed by atoms with Crippen molar-refractivity contribution in [3.63, 3.8) is 0 Å². The molecule has 1 aromatic carbocycles. The minimum atomic E-state index is -0.459. The number of hydrogen-bond donors (Lipinski definition) is 1. The summed E-state index contributed by atoms with van der Waals surface area (Å²) in [5.41, 5.74) is 2.27. The Bertz CT molecular complexity index is 791. The first-order chi connectivity index (χ1) is 10.2. The molecule has 21 heavy (non-hydrogen) atoms. The monoisotopic (exact) mass is 284 g/mol. The van der Waals surface area contributed by atoms with Gasteiger partial charge in [-0.25, -0.2) is 4.79 Å². The van der Waals surface area contributed by atoms with Gasteiger partial charge in [0.15, 0.2) is 5.75 Å². The zero-order chi connectivity index (χ0) is 14.8. The second-order valence-electron chi connectivity index (χ2n) is 4.73. The average molecular weight is 284 g/mol. The molecule has 2 heterocycles. The van der Waals surface area contributed by atoms with Gasteiger partial charge in [-0.3, -0.25) is 4.99 Å². The quantitative estimate of drug-likeness (QED) is 0.849. The van der Waals surface area contributed by atoms with Crippen molar-refractivity contribution in [3.8, 4) is 16.9 Å². The van der Waals surface area contributed by atoms with E-state index in [-0.39, 0.29) is 5.75 Å². The second-order valence-corrected chi connectivity index (χ2v) is 4.73. The van der Waals surface area contributed by atoms with Crippen LogP contribution in [-0.2, 0) is 16.1 Å². The van der Waals surface area contributed by atoms with Crippen molar-refractivity contribution in [2.24, 2.45) is 4.99 Å². The van der Waals surface area contributed by atoms with E-state index < -0.39 is 5.97 Å². The molecule has 0 aliphatic carbocycles. The number of aromatic hydroxyl groups is 1. The van der Waals surface area contributed by atoms with E-state index in [2.05, 4.69) is 4.99 Å². The summed E-state index contributed by atoms with van der Waals surface area (Å²) in [5.74, 6) is -0.382. The van der Waals surface area contributed by atoms with Crippen molar-refractivity contribution < 1.29 is 14.6 Å². The summed E-state index contributed by atoms with van der Waals surface area (Å²) in [4.78, 5) is 16.1. The van der Waals surface area contributed by atoms with Crippen LogP contribution in [0.5, 0.6) is 5.75 Å². The lowest BCUT2D eigenvalue weighted by Gasteiger charge is -1.99. The topological polar surface area (TPSA) is 63.8 Å². The molecule has 0 atom stereocenters. The molecule has 1 aromatic heterocycles. The van der Waals surface area contributed by atoms with E-state index in [4.69, 9.17) is 4.74 Å². The summed E-state index contributed by atoms with van der Waals surface area (Å²) in [6, 6.07) is 9.56. The van der Waals surface area contributed by atoms with Gasteiger partial charge in [-0.2, -0.15) is 0 Å². The lowest BCUT2D eigenvalue weighted by Crippen LogP contribution is -2.24. The van der Waals surface area contributed by atoms with E-state index in [1.807, 2.05) is 34.9 Å². The van der Waals surface area contributed by atoms with E-state index in [0.29, 0.717) is 36.1 Å². The molecule has 0 spiro atoms. The van der Waals surface area contributed by atoms with Gasteiger partial charge >= 0.3 is 5.97 Å². The Balaban J connectivity index is 2.23.